The van der Waals surface area contributed by atoms with Gasteiger partial charge in [0.25, 0.3) is 0 Å². The number of ether oxygens (including phenoxy) is 1. The number of hydrogen-bond donors (Lipinski definition) is 3. The van der Waals surface area contributed by atoms with Crippen molar-refractivity contribution in [3.05, 3.63) is 35.4 Å². The van der Waals surface area contributed by atoms with Gasteiger partial charge in [0.2, 0.25) is 17.7 Å². The van der Waals surface area contributed by atoms with E-state index in [4.69, 9.17) is 10.5 Å². The van der Waals surface area contributed by atoms with E-state index < -0.39 is 41.1 Å². The monoisotopic (exact) mass is 560 g/mol. The fraction of sp³-hybridized carbons (Fsp3) is 0.677. The van der Waals surface area contributed by atoms with Crippen molar-refractivity contribution in [2.75, 3.05) is 6.54 Å². The zero-order chi connectivity index (χ0) is 30.5. The van der Waals surface area contributed by atoms with Crippen LogP contribution in [-0.4, -0.2) is 52.4 Å². The molecular weight excluding hydrogens is 508 g/mol. The molecule has 1 aromatic carbocycles. The predicted octanol–water partition coefficient (Wildman–Crippen LogP) is 5.16. The number of nitrogens with zero attached hydrogens (tertiary/aromatic N) is 1. The van der Waals surface area contributed by atoms with Crippen LogP contribution in [0.5, 0.6) is 0 Å². The number of nitrogens with one attached hydrogen (secondary N) is 2. The molecule has 0 bridgehead atoms. The van der Waals surface area contributed by atoms with E-state index in [-0.39, 0.29) is 18.7 Å². The normalized spacial score (nSPS) is 13.2. The first-order valence-electron chi connectivity index (χ1n) is 14.6. The Labute approximate surface area is 241 Å². The van der Waals surface area contributed by atoms with Crippen LogP contribution in [0.4, 0.5) is 4.79 Å². The Kier molecular flexibility index (Phi) is 14.2. The summed E-state index contributed by atoms with van der Waals surface area (Å²) in [7, 11) is 0. The number of carbonyl (C=O) groups is 4. The molecule has 4 N–H and O–H groups in total. The fourth-order valence-electron chi connectivity index (χ4n) is 4.29. The van der Waals surface area contributed by atoms with Gasteiger partial charge >= 0.3 is 6.09 Å². The zero-order valence-corrected chi connectivity index (χ0v) is 25.9. The molecule has 4 amide bonds. The van der Waals surface area contributed by atoms with Crippen LogP contribution in [-0.2, 0) is 25.5 Å². The van der Waals surface area contributed by atoms with Crippen LogP contribution in [0, 0.1) is 0 Å². The lowest BCUT2D eigenvalue weighted by atomic mass is 9.98. The third-order valence-electron chi connectivity index (χ3n) is 6.22. The summed E-state index contributed by atoms with van der Waals surface area (Å²) < 4.78 is 5.40. The van der Waals surface area contributed by atoms with E-state index in [1.807, 2.05) is 45.0 Å². The van der Waals surface area contributed by atoms with E-state index in [0.29, 0.717) is 18.5 Å². The third-order valence-corrected chi connectivity index (χ3v) is 6.22. The lowest BCUT2D eigenvalue weighted by Crippen LogP contribution is -2.55. The van der Waals surface area contributed by atoms with E-state index in [1.54, 1.807) is 20.8 Å². The number of alkyl carbamates (subject to hydrolysis) is 1. The van der Waals surface area contributed by atoms with E-state index in [9.17, 15) is 19.2 Å². The van der Waals surface area contributed by atoms with Gasteiger partial charge in [0.1, 0.15) is 17.7 Å². The molecule has 9 heteroatoms. The maximum Gasteiger partial charge on any atom is 0.408 e. The fourth-order valence-corrected chi connectivity index (χ4v) is 4.29. The Morgan fingerprint density at radius 3 is 2.02 bits per heavy atom. The Morgan fingerprint density at radius 1 is 0.925 bits per heavy atom. The molecular formula is C31H52N4O5. The minimum absolute atomic E-state index is 0.0118. The van der Waals surface area contributed by atoms with E-state index in [0.717, 1.165) is 37.7 Å². The lowest BCUT2D eigenvalue weighted by molar-refractivity contribution is -0.143. The largest absolute Gasteiger partial charge is 0.444 e. The van der Waals surface area contributed by atoms with Gasteiger partial charge in [0.05, 0.1) is 0 Å². The lowest BCUT2D eigenvalue weighted by Gasteiger charge is -2.36. The van der Waals surface area contributed by atoms with Crippen molar-refractivity contribution in [3.63, 3.8) is 0 Å². The summed E-state index contributed by atoms with van der Waals surface area (Å²) in [5, 5.41) is 5.67. The van der Waals surface area contributed by atoms with Gasteiger partial charge in [-0.3, -0.25) is 14.4 Å². The van der Waals surface area contributed by atoms with Crippen molar-refractivity contribution in [3.8, 4) is 0 Å². The highest BCUT2D eigenvalue weighted by Gasteiger charge is 2.37. The number of aryl methyl sites for hydroxylation is 1. The van der Waals surface area contributed by atoms with E-state index >= 15 is 0 Å². The van der Waals surface area contributed by atoms with Crippen LogP contribution in [0.3, 0.4) is 0 Å². The summed E-state index contributed by atoms with van der Waals surface area (Å²) in [4.78, 5) is 53.9. The van der Waals surface area contributed by atoms with Crippen molar-refractivity contribution in [1.82, 2.24) is 15.5 Å². The third kappa shape index (κ3) is 13.3. The number of unbranched alkanes of at least 4 members (excludes halogenated alkanes) is 4. The molecule has 0 saturated carbocycles. The first kappa shape index (κ1) is 34.9. The molecule has 0 aliphatic rings. The Balaban J connectivity index is 3.54. The van der Waals surface area contributed by atoms with Crippen molar-refractivity contribution < 1.29 is 23.9 Å². The van der Waals surface area contributed by atoms with Gasteiger partial charge in [0, 0.05) is 18.5 Å². The minimum atomic E-state index is -1.10. The van der Waals surface area contributed by atoms with Crippen LogP contribution in [0.1, 0.15) is 118 Å². The van der Waals surface area contributed by atoms with Gasteiger partial charge in [-0.15, -0.1) is 0 Å². The number of hydrogen-bond acceptors (Lipinski definition) is 5. The molecule has 1 rings (SSSR count). The van der Waals surface area contributed by atoms with Gasteiger partial charge in [-0.25, -0.2) is 4.79 Å². The van der Waals surface area contributed by atoms with Crippen LogP contribution in [0.2, 0.25) is 0 Å². The summed E-state index contributed by atoms with van der Waals surface area (Å²) >= 11 is 0. The zero-order valence-electron chi connectivity index (χ0n) is 25.9. The number of nitrogens with two attached hydrogens (primary N) is 1. The summed E-state index contributed by atoms with van der Waals surface area (Å²) in [5.74, 6) is -1.37. The van der Waals surface area contributed by atoms with Crippen LogP contribution < -0.4 is 16.4 Å². The molecule has 40 heavy (non-hydrogen) atoms. The molecule has 0 heterocycles. The maximum atomic E-state index is 14.2. The van der Waals surface area contributed by atoms with Crippen LogP contribution in [0.25, 0.3) is 0 Å². The highest BCUT2D eigenvalue weighted by molar-refractivity contribution is 5.92. The van der Waals surface area contributed by atoms with E-state index in [1.165, 1.54) is 4.90 Å². The number of rotatable bonds is 15. The predicted molar refractivity (Wildman–Crippen MR) is 159 cm³/mol. The average molecular weight is 561 g/mol. The Bertz CT molecular complexity index is 963. The van der Waals surface area contributed by atoms with Gasteiger partial charge < -0.3 is 26.0 Å². The molecule has 0 saturated heterocycles. The topological polar surface area (TPSA) is 131 Å². The smallest absolute Gasteiger partial charge is 0.408 e. The second kappa shape index (κ2) is 16.2. The molecule has 0 fully saturated rings. The second-order valence-electron chi connectivity index (χ2n) is 12.4. The van der Waals surface area contributed by atoms with Crippen molar-refractivity contribution in [2.24, 2.45) is 5.73 Å². The number of amides is 4. The van der Waals surface area contributed by atoms with Crippen molar-refractivity contribution in [1.29, 1.82) is 0 Å². The first-order chi connectivity index (χ1) is 18.6. The Hall–Kier alpha value is -3.10. The second-order valence-corrected chi connectivity index (χ2v) is 12.4. The van der Waals surface area contributed by atoms with Crippen LogP contribution in [0.15, 0.2) is 24.3 Å². The minimum Gasteiger partial charge on any atom is -0.444 e. The summed E-state index contributed by atoms with van der Waals surface area (Å²) in [6.45, 7) is 15.3. The average Bonchev–Trinajstić information content (AvgIpc) is 2.83. The summed E-state index contributed by atoms with van der Waals surface area (Å²) in [5.41, 5.74) is 5.87. The van der Waals surface area contributed by atoms with Crippen molar-refractivity contribution >= 4 is 23.8 Å². The van der Waals surface area contributed by atoms with Gasteiger partial charge in [-0.05, 0) is 71.9 Å². The number of primary amides is 1. The van der Waals surface area contributed by atoms with Crippen LogP contribution >= 0.6 is 0 Å². The molecule has 1 aromatic rings. The number of benzene rings is 1. The standard InChI is InChI=1S/C31H52N4O5/c1-9-11-12-13-14-21-35(28(38)24(19-20-25(32)36)33-29(39)40-31(6,7)8)26(27(37)34-30(3,4)5)23-17-15-22(10-2)16-18-23/h15-18,24,26H,9-14,19-21H2,1-8H3,(H2,32,36)(H,33,39)(H,34,37). The molecule has 0 aromatic heterocycles. The van der Waals surface area contributed by atoms with Gasteiger partial charge in [-0.1, -0.05) is 63.8 Å². The molecule has 2 atom stereocenters. The quantitative estimate of drug-likeness (QED) is 0.255. The Morgan fingerprint density at radius 2 is 1.52 bits per heavy atom. The maximum absolute atomic E-state index is 14.2. The first-order valence-corrected chi connectivity index (χ1v) is 14.6. The summed E-state index contributed by atoms with van der Waals surface area (Å²) in [6, 6.07) is 5.64. The summed E-state index contributed by atoms with van der Waals surface area (Å²) in [6.07, 6.45) is 4.71. The van der Waals surface area contributed by atoms with Gasteiger partial charge in [0.15, 0.2) is 0 Å². The molecule has 9 nitrogen and oxygen atoms in total. The van der Waals surface area contributed by atoms with Crippen molar-refractivity contribution in [2.45, 2.75) is 130 Å². The molecule has 0 aliphatic heterocycles. The highest BCUT2D eigenvalue weighted by Crippen LogP contribution is 2.26. The number of carbonyl (C=O) groups excluding carboxylic acids is 4. The highest BCUT2D eigenvalue weighted by atomic mass is 16.6. The SMILES string of the molecule is CCCCCCCN(C(=O)C(CCC(N)=O)NC(=O)OC(C)(C)C)C(C(=O)NC(C)(C)C)c1ccc(CC)cc1. The van der Waals surface area contributed by atoms with Gasteiger partial charge in [-0.2, -0.15) is 0 Å². The molecule has 0 spiro atoms. The molecule has 0 radical (unpaired) electrons. The molecule has 226 valence electrons. The molecule has 0 aliphatic carbocycles. The van der Waals surface area contributed by atoms with E-state index in [2.05, 4.69) is 24.5 Å². The molecule has 2 unspecified atom stereocenters.